The highest BCUT2D eigenvalue weighted by atomic mass is 14.4. The van der Waals surface area contributed by atoms with E-state index in [1.165, 1.54) is 76.2 Å². The zero-order valence-corrected chi connectivity index (χ0v) is 16.9. The summed E-state index contributed by atoms with van der Waals surface area (Å²) in [6.07, 6.45) is 19.2. The van der Waals surface area contributed by atoms with E-state index in [9.17, 15) is 0 Å². The maximum absolute atomic E-state index is 3.91. The van der Waals surface area contributed by atoms with Crippen molar-refractivity contribution < 1.29 is 0 Å². The van der Waals surface area contributed by atoms with Crippen LogP contribution in [0.5, 0.6) is 0 Å². The van der Waals surface area contributed by atoms with Crippen LogP contribution >= 0.6 is 0 Å². The predicted molar refractivity (Wildman–Crippen MR) is 112 cm³/mol. The third kappa shape index (κ3) is 3.95. The van der Waals surface area contributed by atoms with Crippen LogP contribution in [0.1, 0.15) is 81.4 Å². The van der Waals surface area contributed by atoms with Gasteiger partial charge in [0.1, 0.15) is 0 Å². The molecule has 3 unspecified atom stereocenters. The minimum absolute atomic E-state index is 0.967. The van der Waals surface area contributed by atoms with E-state index in [-0.39, 0.29) is 0 Å². The molecule has 0 heterocycles. The third-order valence-corrected chi connectivity index (χ3v) is 8.15. The molecule has 2 fully saturated rings. The molecule has 0 aliphatic heterocycles. The first kappa shape index (κ1) is 18.3. The van der Waals surface area contributed by atoms with Crippen molar-refractivity contribution in [1.29, 1.82) is 0 Å². The quantitative estimate of drug-likeness (QED) is 0.494. The second-order valence-electron chi connectivity index (χ2n) is 9.60. The van der Waals surface area contributed by atoms with E-state index in [1.54, 1.807) is 17.5 Å². The molecule has 0 spiro atoms. The van der Waals surface area contributed by atoms with E-state index < -0.39 is 0 Å². The maximum Gasteiger partial charge on any atom is -0.0245 e. The Labute approximate surface area is 161 Å². The molecule has 4 rings (SSSR count). The summed E-state index contributed by atoms with van der Waals surface area (Å²) in [5.74, 6) is 5.09. The largest absolute Gasteiger partial charge is 0.103 e. The Morgan fingerprint density at radius 1 is 0.923 bits per heavy atom. The lowest BCUT2D eigenvalue weighted by atomic mass is 9.61. The number of rotatable bonds is 5. The van der Waals surface area contributed by atoms with Crippen LogP contribution in [0.2, 0.25) is 0 Å². The number of hydrogen-bond acceptors (Lipinski definition) is 0. The fourth-order valence-corrected chi connectivity index (χ4v) is 6.53. The normalized spacial score (nSPS) is 34.0. The predicted octanol–water partition coefficient (Wildman–Crippen LogP) is 7.15. The molecular formula is C26H38. The summed E-state index contributed by atoms with van der Waals surface area (Å²) in [5, 5.41) is 0. The molecule has 5 atom stereocenters. The molecular weight excluding hydrogens is 312 g/mol. The Balaban J connectivity index is 1.34. The van der Waals surface area contributed by atoms with Crippen LogP contribution in [0.3, 0.4) is 0 Å². The van der Waals surface area contributed by atoms with Crippen LogP contribution in [-0.2, 0) is 19.3 Å². The average Bonchev–Trinajstić information content (AvgIpc) is 2.70. The third-order valence-electron chi connectivity index (χ3n) is 8.15. The fourth-order valence-electron chi connectivity index (χ4n) is 6.53. The lowest BCUT2D eigenvalue weighted by Gasteiger charge is -2.45. The molecule has 0 aromatic heterocycles. The van der Waals surface area contributed by atoms with Crippen molar-refractivity contribution in [1.82, 2.24) is 0 Å². The molecule has 0 nitrogen and oxygen atoms in total. The zero-order chi connectivity index (χ0) is 17.9. The molecule has 0 radical (unpaired) electrons. The number of fused-ring (bicyclic) bond motifs is 2. The van der Waals surface area contributed by atoms with Gasteiger partial charge in [0, 0.05) is 0 Å². The standard InChI is InChI=1S/C26H38/c1-3-5-6-20-8-10-24-18-26(14-12-22(24)16-20)25-13-11-21-15-19(4-2)7-9-23(21)17-25/h3,7,9,15,20,22,24-26H,1,4-6,8,10-14,16-18H2,2H3/t20-,22?,24-,25?,26?/m1/s1. The van der Waals surface area contributed by atoms with Crippen LogP contribution in [0.15, 0.2) is 30.9 Å². The van der Waals surface area contributed by atoms with Crippen molar-refractivity contribution >= 4 is 0 Å². The topological polar surface area (TPSA) is 0 Å². The summed E-state index contributed by atoms with van der Waals surface area (Å²) in [7, 11) is 0. The minimum Gasteiger partial charge on any atom is -0.103 e. The van der Waals surface area contributed by atoms with Crippen LogP contribution in [0.25, 0.3) is 0 Å². The van der Waals surface area contributed by atoms with E-state index >= 15 is 0 Å². The van der Waals surface area contributed by atoms with Gasteiger partial charge in [-0.3, -0.25) is 0 Å². The summed E-state index contributed by atoms with van der Waals surface area (Å²) >= 11 is 0. The second kappa shape index (κ2) is 8.32. The van der Waals surface area contributed by atoms with Crippen LogP contribution < -0.4 is 0 Å². The molecule has 3 aliphatic carbocycles. The van der Waals surface area contributed by atoms with Crippen molar-refractivity contribution in [3.05, 3.63) is 47.5 Å². The lowest BCUT2D eigenvalue weighted by Crippen LogP contribution is -2.35. The molecule has 1 aromatic rings. The van der Waals surface area contributed by atoms with E-state index in [2.05, 4.69) is 37.8 Å². The van der Waals surface area contributed by atoms with Gasteiger partial charge in [-0.25, -0.2) is 0 Å². The van der Waals surface area contributed by atoms with Crippen LogP contribution in [0, 0.1) is 29.6 Å². The second-order valence-corrected chi connectivity index (χ2v) is 9.60. The zero-order valence-electron chi connectivity index (χ0n) is 16.9. The Bertz CT molecular complexity index is 612. The highest BCUT2D eigenvalue weighted by Crippen LogP contribution is 2.49. The van der Waals surface area contributed by atoms with Gasteiger partial charge in [-0.15, -0.1) is 6.58 Å². The summed E-state index contributed by atoms with van der Waals surface area (Å²) in [6, 6.07) is 7.33. The number of hydrogen-bond donors (Lipinski definition) is 0. The first-order valence-corrected chi connectivity index (χ1v) is 11.5. The highest BCUT2D eigenvalue weighted by molar-refractivity contribution is 5.34. The summed E-state index contributed by atoms with van der Waals surface area (Å²) in [5.41, 5.74) is 4.86. The molecule has 1 aromatic carbocycles. The Morgan fingerprint density at radius 3 is 2.50 bits per heavy atom. The summed E-state index contributed by atoms with van der Waals surface area (Å²) < 4.78 is 0. The van der Waals surface area contributed by atoms with E-state index in [0.717, 1.165) is 29.6 Å². The Hall–Kier alpha value is -1.04. The monoisotopic (exact) mass is 350 g/mol. The van der Waals surface area contributed by atoms with Gasteiger partial charge in [-0.1, -0.05) is 37.6 Å². The SMILES string of the molecule is C=CCC[C@@H]1CC[C@@H]2CC(C3CCc4cc(CC)ccc4C3)CCC2C1. The average molecular weight is 351 g/mol. The molecule has 0 N–H and O–H groups in total. The fraction of sp³-hybridized carbons (Fsp3) is 0.692. The number of benzene rings is 1. The first-order valence-electron chi connectivity index (χ1n) is 11.5. The summed E-state index contributed by atoms with van der Waals surface area (Å²) in [6.45, 7) is 6.19. The molecule has 0 bridgehead atoms. The number of aryl methyl sites for hydroxylation is 2. The van der Waals surface area contributed by atoms with Crippen molar-refractivity contribution in [2.75, 3.05) is 0 Å². The van der Waals surface area contributed by atoms with Gasteiger partial charge in [0.2, 0.25) is 0 Å². The van der Waals surface area contributed by atoms with Gasteiger partial charge < -0.3 is 0 Å². The van der Waals surface area contributed by atoms with Gasteiger partial charge in [-0.2, -0.15) is 0 Å². The molecule has 0 saturated heterocycles. The van der Waals surface area contributed by atoms with Gasteiger partial charge in [0.15, 0.2) is 0 Å². The lowest BCUT2D eigenvalue weighted by molar-refractivity contribution is 0.0699. The Kier molecular flexibility index (Phi) is 5.87. The van der Waals surface area contributed by atoms with Gasteiger partial charge >= 0.3 is 0 Å². The van der Waals surface area contributed by atoms with Crippen molar-refractivity contribution in [3.8, 4) is 0 Å². The smallest absolute Gasteiger partial charge is 0.0245 e. The first-order chi connectivity index (χ1) is 12.8. The molecule has 142 valence electrons. The Morgan fingerprint density at radius 2 is 1.69 bits per heavy atom. The molecule has 3 aliphatic rings. The van der Waals surface area contributed by atoms with E-state index in [4.69, 9.17) is 0 Å². The van der Waals surface area contributed by atoms with Gasteiger partial charge in [-0.05, 0) is 117 Å². The number of allylic oxidation sites excluding steroid dienone is 1. The minimum atomic E-state index is 0.967. The highest BCUT2D eigenvalue weighted by Gasteiger charge is 2.38. The summed E-state index contributed by atoms with van der Waals surface area (Å²) in [4.78, 5) is 0. The van der Waals surface area contributed by atoms with Gasteiger partial charge in [0.25, 0.3) is 0 Å². The van der Waals surface area contributed by atoms with Crippen molar-refractivity contribution in [2.24, 2.45) is 29.6 Å². The van der Waals surface area contributed by atoms with Crippen molar-refractivity contribution in [3.63, 3.8) is 0 Å². The molecule has 2 saturated carbocycles. The van der Waals surface area contributed by atoms with Gasteiger partial charge in [0.05, 0.1) is 0 Å². The van der Waals surface area contributed by atoms with E-state index in [0.29, 0.717) is 0 Å². The molecule has 0 amide bonds. The molecule has 0 heteroatoms. The maximum atomic E-state index is 3.91. The van der Waals surface area contributed by atoms with Crippen LogP contribution in [0.4, 0.5) is 0 Å². The van der Waals surface area contributed by atoms with E-state index in [1.807, 2.05) is 0 Å². The van der Waals surface area contributed by atoms with Crippen molar-refractivity contribution in [2.45, 2.75) is 84.0 Å². The molecule has 26 heavy (non-hydrogen) atoms. The van der Waals surface area contributed by atoms with Crippen LogP contribution in [-0.4, -0.2) is 0 Å².